The van der Waals surface area contributed by atoms with Crippen LogP contribution in [0.2, 0.25) is 0 Å². The van der Waals surface area contributed by atoms with Gasteiger partial charge >= 0.3 is 0 Å². The molecule has 0 atom stereocenters. The van der Waals surface area contributed by atoms with Crippen molar-refractivity contribution >= 4 is 35.8 Å². The molecule has 0 spiro atoms. The van der Waals surface area contributed by atoms with Crippen LogP contribution in [0.15, 0.2) is 47.5 Å². The summed E-state index contributed by atoms with van der Waals surface area (Å²) >= 11 is 0. The van der Waals surface area contributed by atoms with Crippen LogP contribution < -0.4 is 15.4 Å². The topological polar surface area (TPSA) is 66.0 Å². The van der Waals surface area contributed by atoms with Crippen LogP contribution in [-0.4, -0.2) is 57.1 Å². The third-order valence-corrected chi connectivity index (χ3v) is 4.64. The summed E-state index contributed by atoms with van der Waals surface area (Å²) < 4.78 is 5.94. The van der Waals surface area contributed by atoms with E-state index in [0.717, 1.165) is 41.4 Å². The fourth-order valence-corrected chi connectivity index (χ4v) is 3.11. The summed E-state index contributed by atoms with van der Waals surface area (Å²) in [5.74, 6) is 1.73. The minimum Gasteiger partial charge on any atom is -0.491 e. The molecule has 2 aromatic carbocycles. The summed E-state index contributed by atoms with van der Waals surface area (Å²) in [6.45, 7) is 8.80. The first-order valence-corrected chi connectivity index (χ1v) is 10.4. The van der Waals surface area contributed by atoms with Crippen LogP contribution in [0.5, 0.6) is 5.75 Å². The van der Waals surface area contributed by atoms with Crippen LogP contribution >= 0.6 is 24.0 Å². The van der Waals surface area contributed by atoms with Crippen LogP contribution in [0.25, 0.3) is 0 Å². The van der Waals surface area contributed by atoms with E-state index in [1.54, 1.807) is 19.0 Å². The van der Waals surface area contributed by atoms with Crippen molar-refractivity contribution in [3.05, 3.63) is 64.7 Å². The van der Waals surface area contributed by atoms with Gasteiger partial charge in [0.25, 0.3) is 5.91 Å². The van der Waals surface area contributed by atoms with Crippen molar-refractivity contribution < 1.29 is 9.53 Å². The van der Waals surface area contributed by atoms with E-state index in [1.165, 1.54) is 0 Å². The Morgan fingerprint density at radius 1 is 1.06 bits per heavy atom. The third-order valence-electron chi connectivity index (χ3n) is 4.64. The molecule has 0 unspecified atom stereocenters. The van der Waals surface area contributed by atoms with Crippen LogP contribution in [0.3, 0.4) is 0 Å². The Labute approximate surface area is 203 Å². The molecule has 31 heavy (non-hydrogen) atoms. The highest BCUT2D eigenvalue weighted by atomic mass is 127. The van der Waals surface area contributed by atoms with Gasteiger partial charge in [0.2, 0.25) is 0 Å². The number of benzene rings is 2. The van der Waals surface area contributed by atoms with Crippen LogP contribution in [-0.2, 0) is 6.42 Å². The SMILES string of the molecule is CCNC(=NCCc1cccc(C(=O)N(C)C)c1)NCCOc1c(C)cccc1C.I. The number of rotatable bonds is 9. The molecule has 2 N–H and O–H groups in total. The molecule has 0 bridgehead atoms. The second kappa shape index (κ2) is 13.9. The quantitative estimate of drug-likeness (QED) is 0.221. The molecule has 0 heterocycles. The van der Waals surface area contributed by atoms with Gasteiger partial charge < -0.3 is 20.3 Å². The molecular weight excluding hydrogens is 503 g/mol. The highest BCUT2D eigenvalue weighted by Crippen LogP contribution is 2.21. The average Bonchev–Trinajstić information content (AvgIpc) is 2.72. The number of carbonyl (C=O) groups excluding carboxylic acids is 1. The van der Waals surface area contributed by atoms with E-state index in [-0.39, 0.29) is 29.9 Å². The lowest BCUT2D eigenvalue weighted by Crippen LogP contribution is -2.39. The number of carbonyl (C=O) groups is 1. The van der Waals surface area contributed by atoms with Gasteiger partial charge in [0.05, 0.1) is 6.54 Å². The maximum atomic E-state index is 12.1. The lowest BCUT2D eigenvalue weighted by atomic mass is 10.1. The Hall–Kier alpha value is -2.29. The smallest absolute Gasteiger partial charge is 0.253 e. The zero-order valence-electron chi connectivity index (χ0n) is 19.2. The minimum absolute atomic E-state index is 0. The molecule has 0 fully saturated rings. The van der Waals surface area contributed by atoms with Gasteiger partial charge in [-0.15, -0.1) is 24.0 Å². The second-order valence-corrected chi connectivity index (χ2v) is 7.41. The van der Waals surface area contributed by atoms with E-state index >= 15 is 0 Å². The molecule has 2 rings (SSSR count). The molecule has 0 saturated heterocycles. The van der Waals surface area contributed by atoms with Crippen LogP contribution in [0.4, 0.5) is 0 Å². The molecule has 6 nitrogen and oxygen atoms in total. The maximum absolute atomic E-state index is 12.1. The number of guanidine groups is 1. The summed E-state index contributed by atoms with van der Waals surface area (Å²) in [5.41, 5.74) is 4.09. The summed E-state index contributed by atoms with van der Waals surface area (Å²) in [6, 6.07) is 13.9. The van der Waals surface area contributed by atoms with Crippen molar-refractivity contribution in [2.45, 2.75) is 27.2 Å². The number of para-hydroxylation sites is 1. The average molecular weight is 538 g/mol. The van der Waals surface area contributed by atoms with Crippen molar-refractivity contribution in [1.82, 2.24) is 15.5 Å². The number of ether oxygens (including phenoxy) is 1. The molecular formula is C24H35IN4O2. The van der Waals surface area contributed by atoms with Gasteiger partial charge in [0.15, 0.2) is 5.96 Å². The fraction of sp³-hybridized carbons (Fsp3) is 0.417. The van der Waals surface area contributed by atoms with Gasteiger partial charge in [-0.2, -0.15) is 0 Å². The maximum Gasteiger partial charge on any atom is 0.253 e. The third kappa shape index (κ3) is 8.77. The number of aliphatic imine (C=N–C) groups is 1. The van der Waals surface area contributed by atoms with Gasteiger partial charge in [-0.1, -0.05) is 30.3 Å². The Kier molecular flexibility index (Phi) is 12.0. The Morgan fingerprint density at radius 3 is 2.39 bits per heavy atom. The summed E-state index contributed by atoms with van der Waals surface area (Å²) in [7, 11) is 3.52. The molecule has 0 aliphatic heterocycles. The van der Waals surface area contributed by atoms with Crippen molar-refractivity contribution in [2.75, 3.05) is 40.3 Å². The Bertz CT molecular complexity index is 848. The molecule has 1 amide bonds. The number of hydrogen-bond acceptors (Lipinski definition) is 3. The fourth-order valence-electron chi connectivity index (χ4n) is 3.11. The number of nitrogens with zero attached hydrogens (tertiary/aromatic N) is 2. The van der Waals surface area contributed by atoms with E-state index < -0.39 is 0 Å². The number of hydrogen-bond donors (Lipinski definition) is 2. The molecule has 7 heteroatoms. The highest BCUT2D eigenvalue weighted by molar-refractivity contribution is 14.0. The van der Waals surface area contributed by atoms with Crippen molar-refractivity contribution in [3.63, 3.8) is 0 Å². The summed E-state index contributed by atoms with van der Waals surface area (Å²) in [4.78, 5) is 18.4. The Balaban J connectivity index is 0.00000480. The number of amides is 1. The predicted molar refractivity (Wildman–Crippen MR) is 139 cm³/mol. The summed E-state index contributed by atoms with van der Waals surface area (Å²) in [5, 5.41) is 6.57. The van der Waals surface area contributed by atoms with Gasteiger partial charge in [-0.05, 0) is 56.0 Å². The van der Waals surface area contributed by atoms with Crippen molar-refractivity contribution in [2.24, 2.45) is 4.99 Å². The molecule has 0 radical (unpaired) electrons. The zero-order valence-corrected chi connectivity index (χ0v) is 21.5. The van der Waals surface area contributed by atoms with E-state index in [4.69, 9.17) is 4.74 Å². The molecule has 0 aliphatic carbocycles. The van der Waals surface area contributed by atoms with Gasteiger partial charge in [0, 0.05) is 32.7 Å². The van der Waals surface area contributed by atoms with E-state index in [9.17, 15) is 4.79 Å². The zero-order chi connectivity index (χ0) is 21.9. The Morgan fingerprint density at radius 2 is 1.74 bits per heavy atom. The number of aryl methyl sites for hydroxylation is 2. The predicted octanol–water partition coefficient (Wildman–Crippen LogP) is 3.80. The van der Waals surface area contributed by atoms with E-state index in [0.29, 0.717) is 25.3 Å². The van der Waals surface area contributed by atoms with Crippen LogP contribution in [0, 0.1) is 13.8 Å². The van der Waals surface area contributed by atoms with Gasteiger partial charge in [-0.25, -0.2) is 0 Å². The van der Waals surface area contributed by atoms with Crippen molar-refractivity contribution in [3.8, 4) is 5.75 Å². The lowest BCUT2D eigenvalue weighted by Gasteiger charge is -2.14. The first kappa shape index (κ1) is 26.7. The standard InChI is InChI=1S/C24H34N4O2.HI/c1-6-25-24(27-15-16-30-22-18(2)9-7-10-19(22)3)26-14-13-20-11-8-12-21(17-20)23(29)28(4)5;/h7-12,17H,6,13-16H2,1-5H3,(H2,25,26,27);1H. The molecule has 170 valence electrons. The van der Waals surface area contributed by atoms with Crippen LogP contribution in [0.1, 0.15) is 34.0 Å². The van der Waals surface area contributed by atoms with Gasteiger partial charge in [0.1, 0.15) is 12.4 Å². The molecule has 0 saturated carbocycles. The van der Waals surface area contributed by atoms with Crippen molar-refractivity contribution in [1.29, 1.82) is 0 Å². The van der Waals surface area contributed by atoms with E-state index in [2.05, 4.69) is 41.6 Å². The second-order valence-electron chi connectivity index (χ2n) is 7.41. The largest absolute Gasteiger partial charge is 0.491 e. The monoisotopic (exact) mass is 538 g/mol. The molecule has 0 aromatic heterocycles. The number of halogens is 1. The summed E-state index contributed by atoms with van der Waals surface area (Å²) in [6.07, 6.45) is 0.768. The first-order valence-electron chi connectivity index (χ1n) is 10.4. The minimum atomic E-state index is 0. The number of nitrogens with one attached hydrogen (secondary N) is 2. The van der Waals surface area contributed by atoms with E-state index in [1.807, 2.05) is 37.3 Å². The molecule has 0 aliphatic rings. The highest BCUT2D eigenvalue weighted by Gasteiger charge is 2.08. The normalized spacial score (nSPS) is 10.8. The first-order chi connectivity index (χ1) is 14.4. The molecule has 2 aromatic rings. The lowest BCUT2D eigenvalue weighted by molar-refractivity contribution is 0.0827. The van der Waals surface area contributed by atoms with Gasteiger partial charge in [-0.3, -0.25) is 9.79 Å².